The maximum absolute atomic E-state index is 10.3. The molecular formula is C10H13NO. The Morgan fingerprint density at radius 3 is 2.67 bits per heavy atom. The third-order valence-electron chi connectivity index (χ3n) is 1.68. The summed E-state index contributed by atoms with van der Waals surface area (Å²) < 4.78 is 0. The Hall–Kier alpha value is -1.15. The predicted octanol–water partition coefficient (Wildman–Crippen LogP) is 1.36. The molecule has 0 aromatic heterocycles. The van der Waals surface area contributed by atoms with Crippen LogP contribution >= 0.6 is 0 Å². The zero-order valence-electron chi connectivity index (χ0n) is 7.16. The number of aldehydes is 1. The summed E-state index contributed by atoms with van der Waals surface area (Å²) in [4.78, 5) is 10.3. The molecule has 0 fully saturated rings. The second kappa shape index (κ2) is 4.67. The summed E-state index contributed by atoms with van der Waals surface area (Å²) in [7, 11) is 0. The molecule has 0 aliphatic rings. The molecule has 0 radical (unpaired) electrons. The van der Waals surface area contributed by atoms with Crippen molar-refractivity contribution in [1.82, 2.24) is 5.32 Å². The highest BCUT2D eigenvalue weighted by molar-refractivity contribution is 5.56. The molecule has 0 unspecified atom stereocenters. The van der Waals surface area contributed by atoms with Crippen molar-refractivity contribution in [3.05, 3.63) is 35.9 Å². The third-order valence-corrected chi connectivity index (χ3v) is 1.68. The van der Waals surface area contributed by atoms with Crippen LogP contribution in [0.1, 0.15) is 12.5 Å². The number of hydrogen-bond acceptors (Lipinski definition) is 2. The predicted molar refractivity (Wildman–Crippen MR) is 48.8 cm³/mol. The van der Waals surface area contributed by atoms with E-state index >= 15 is 0 Å². The number of nitrogens with one attached hydrogen (secondary N) is 1. The monoisotopic (exact) mass is 163 g/mol. The molecule has 2 nitrogen and oxygen atoms in total. The van der Waals surface area contributed by atoms with Gasteiger partial charge < -0.3 is 10.1 Å². The Morgan fingerprint density at radius 1 is 1.42 bits per heavy atom. The lowest BCUT2D eigenvalue weighted by molar-refractivity contribution is -0.109. The van der Waals surface area contributed by atoms with Crippen LogP contribution < -0.4 is 5.32 Å². The van der Waals surface area contributed by atoms with Crippen molar-refractivity contribution >= 4 is 6.29 Å². The number of carbonyl (C=O) groups is 1. The first-order valence-electron chi connectivity index (χ1n) is 4.05. The van der Waals surface area contributed by atoms with Gasteiger partial charge in [-0.2, -0.15) is 0 Å². The molecule has 2 heteroatoms. The normalized spacial score (nSPS) is 12.4. The topological polar surface area (TPSA) is 29.1 Å². The van der Waals surface area contributed by atoms with Gasteiger partial charge in [-0.15, -0.1) is 0 Å². The molecular weight excluding hydrogens is 150 g/mol. The lowest BCUT2D eigenvalue weighted by Crippen LogP contribution is -2.26. The molecule has 64 valence electrons. The quantitative estimate of drug-likeness (QED) is 0.679. The molecule has 1 aromatic rings. The van der Waals surface area contributed by atoms with Crippen LogP contribution in [0.2, 0.25) is 0 Å². The number of carbonyl (C=O) groups excluding carboxylic acids is 1. The summed E-state index contributed by atoms with van der Waals surface area (Å²) in [5, 5.41) is 3.08. The van der Waals surface area contributed by atoms with Crippen LogP contribution in [0.5, 0.6) is 0 Å². The van der Waals surface area contributed by atoms with Gasteiger partial charge in [-0.05, 0) is 12.5 Å². The molecule has 0 heterocycles. The molecule has 1 aromatic carbocycles. The standard InChI is InChI=1S/C10H13NO/c1-9(8-12)11-7-10-5-3-2-4-6-10/h2-6,8-9,11H,7H2,1H3/t9-/m0/s1. The molecule has 0 saturated heterocycles. The Bertz CT molecular complexity index is 233. The Labute approximate surface area is 72.6 Å². The molecule has 0 bridgehead atoms. The van der Waals surface area contributed by atoms with Crippen LogP contribution in [-0.2, 0) is 11.3 Å². The van der Waals surface area contributed by atoms with Gasteiger partial charge in [0, 0.05) is 6.54 Å². The fourth-order valence-electron chi connectivity index (χ4n) is 0.923. The van der Waals surface area contributed by atoms with Gasteiger partial charge in [0.1, 0.15) is 6.29 Å². The van der Waals surface area contributed by atoms with E-state index < -0.39 is 0 Å². The fourth-order valence-corrected chi connectivity index (χ4v) is 0.923. The number of hydrogen-bond donors (Lipinski definition) is 1. The molecule has 1 atom stereocenters. The van der Waals surface area contributed by atoms with Crippen molar-refractivity contribution in [3.8, 4) is 0 Å². The highest BCUT2D eigenvalue weighted by atomic mass is 16.1. The van der Waals surface area contributed by atoms with Gasteiger partial charge >= 0.3 is 0 Å². The van der Waals surface area contributed by atoms with Crippen LogP contribution in [-0.4, -0.2) is 12.3 Å². The molecule has 12 heavy (non-hydrogen) atoms. The van der Waals surface area contributed by atoms with E-state index in [0.717, 1.165) is 12.8 Å². The fraction of sp³-hybridized carbons (Fsp3) is 0.300. The van der Waals surface area contributed by atoms with Crippen molar-refractivity contribution < 1.29 is 4.79 Å². The van der Waals surface area contributed by atoms with Crippen LogP contribution in [0, 0.1) is 0 Å². The molecule has 1 rings (SSSR count). The van der Waals surface area contributed by atoms with E-state index in [1.807, 2.05) is 37.3 Å². The van der Waals surface area contributed by atoms with Gasteiger partial charge in [0.2, 0.25) is 0 Å². The van der Waals surface area contributed by atoms with E-state index in [2.05, 4.69) is 5.32 Å². The minimum Gasteiger partial charge on any atom is -0.304 e. The summed E-state index contributed by atoms with van der Waals surface area (Å²) in [6.45, 7) is 2.59. The minimum atomic E-state index is -0.0646. The lowest BCUT2D eigenvalue weighted by atomic mass is 10.2. The van der Waals surface area contributed by atoms with E-state index in [0.29, 0.717) is 0 Å². The van der Waals surface area contributed by atoms with Crippen molar-refractivity contribution in [2.45, 2.75) is 19.5 Å². The highest BCUT2D eigenvalue weighted by Gasteiger charge is 1.96. The molecule has 1 N–H and O–H groups in total. The van der Waals surface area contributed by atoms with E-state index in [1.54, 1.807) is 0 Å². The van der Waals surface area contributed by atoms with Gasteiger partial charge in [0.15, 0.2) is 0 Å². The van der Waals surface area contributed by atoms with E-state index in [1.165, 1.54) is 5.56 Å². The Balaban J connectivity index is 2.38. The Kier molecular flexibility index (Phi) is 3.48. The third kappa shape index (κ3) is 2.84. The largest absolute Gasteiger partial charge is 0.304 e. The minimum absolute atomic E-state index is 0.0646. The van der Waals surface area contributed by atoms with Crippen molar-refractivity contribution in [3.63, 3.8) is 0 Å². The SMILES string of the molecule is C[C@@H](C=O)NCc1ccccc1. The number of benzene rings is 1. The van der Waals surface area contributed by atoms with Crippen LogP contribution in [0.4, 0.5) is 0 Å². The van der Waals surface area contributed by atoms with E-state index in [4.69, 9.17) is 0 Å². The zero-order chi connectivity index (χ0) is 8.81. The summed E-state index contributed by atoms with van der Waals surface area (Å²) >= 11 is 0. The van der Waals surface area contributed by atoms with Gasteiger partial charge in [-0.1, -0.05) is 30.3 Å². The lowest BCUT2D eigenvalue weighted by Gasteiger charge is -2.05. The molecule has 0 spiro atoms. The van der Waals surface area contributed by atoms with Gasteiger partial charge in [-0.3, -0.25) is 0 Å². The summed E-state index contributed by atoms with van der Waals surface area (Å²) in [5.74, 6) is 0. The average molecular weight is 163 g/mol. The maximum Gasteiger partial charge on any atom is 0.136 e. The van der Waals surface area contributed by atoms with Gasteiger partial charge in [-0.25, -0.2) is 0 Å². The van der Waals surface area contributed by atoms with Gasteiger partial charge in [0.25, 0.3) is 0 Å². The van der Waals surface area contributed by atoms with Crippen molar-refractivity contribution in [2.75, 3.05) is 0 Å². The zero-order valence-corrected chi connectivity index (χ0v) is 7.16. The first-order valence-corrected chi connectivity index (χ1v) is 4.05. The summed E-state index contributed by atoms with van der Waals surface area (Å²) in [6, 6.07) is 9.96. The first-order chi connectivity index (χ1) is 5.83. The average Bonchev–Trinajstić information content (AvgIpc) is 2.16. The second-order valence-electron chi connectivity index (χ2n) is 2.79. The number of rotatable bonds is 4. The van der Waals surface area contributed by atoms with E-state index in [-0.39, 0.29) is 6.04 Å². The van der Waals surface area contributed by atoms with Crippen LogP contribution in [0.3, 0.4) is 0 Å². The first kappa shape index (κ1) is 8.94. The highest BCUT2D eigenvalue weighted by Crippen LogP contribution is 1.97. The van der Waals surface area contributed by atoms with Crippen molar-refractivity contribution in [2.24, 2.45) is 0 Å². The molecule has 0 amide bonds. The molecule has 0 aliphatic carbocycles. The summed E-state index contributed by atoms with van der Waals surface area (Å²) in [5.41, 5.74) is 1.20. The van der Waals surface area contributed by atoms with Crippen molar-refractivity contribution in [1.29, 1.82) is 0 Å². The van der Waals surface area contributed by atoms with E-state index in [9.17, 15) is 4.79 Å². The maximum atomic E-state index is 10.3. The molecule has 0 aliphatic heterocycles. The van der Waals surface area contributed by atoms with Gasteiger partial charge in [0.05, 0.1) is 6.04 Å². The smallest absolute Gasteiger partial charge is 0.136 e. The summed E-state index contributed by atoms with van der Waals surface area (Å²) in [6.07, 6.45) is 0.906. The second-order valence-corrected chi connectivity index (χ2v) is 2.79. The van der Waals surface area contributed by atoms with Crippen LogP contribution in [0.25, 0.3) is 0 Å². The Morgan fingerprint density at radius 2 is 2.08 bits per heavy atom. The van der Waals surface area contributed by atoms with Crippen LogP contribution in [0.15, 0.2) is 30.3 Å². The molecule has 0 saturated carbocycles.